The molecule has 1 aromatic heterocycles. The fourth-order valence-electron chi connectivity index (χ4n) is 1.86. The van der Waals surface area contributed by atoms with Crippen molar-refractivity contribution in [1.29, 1.82) is 0 Å². The van der Waals surface area contributed by atoms with Gasteiger partial charge in [-0.2, -0.15) is 5.10 Å². The van der Waals surface area contributed by atoms with Crippen molar-refractivity contribution in [2.75, 3.05) is 13.1 Å². The number of nitrogens with zero attached hydrogens (tertiary/aromatic N) is 2. The summed E-state index contributed by atoms with van der Waals surface area (Å²) in [4.78, 5) is 0.284. The Bertz CT molecular complexity index is 493. The first-order valence-electron chi connectivity index (χ1n) is 6.17. The summed E-state index contributed by atoms with van der Waals surface area (Å²) in [6, 6.07) is 0. The molecular formula is C11H22N4O2S. The summed E-state index contributed by atoms with van der Waals surface area (Å²) in [5.41, 5.74) is 6.63. The average Bonchev–Trinajstić information content (AvgIpc) is 2.55. The van der Waals surface area contributed by atoms with Crippen LogP contribution in [0.15, 0.2) is 4.90 Å². The number of nitrogens with two attached hydrogens (primary N) is 1. The lowest BCUT2D eigenvalue weighted by Crippen LogP contribution is -2.25. The van der Waals surface area contributed by atoms with Crippen molar-refractivity contribution in [1.82, 2.24) is 14.5 Å². The van der Waals surface area contributed by atoms with Crippen molar-refractivity contribution < 1.29 is 8.42 Å². The highest BCUT2D eigenvalue weighted by Crippen LogP contribution is 2.18. The Hall–Kier alpha value is -0.920. The molecule has 0 unspecified atom stereocenters. The molecule has 0 atom stereocenters. The second kappa shape index (κ2) is 6.31. The van der Waals surface area contributed by atoms with E-state index >= 15 is 0 Å². The van der Waals surface area contributed by atoms with E-state index in [0.717, 1.165) is 12.8 Å². The summed E-state index contributed by atoms with van der Waals surface area (Å²) in [5.74, 6) is 0. The van der Waals surface area contributed by atoms with Crippen molar-refractivity contribution in [3.63, 3.8) is 0 Å². The molecule has 6 nitrogen and oxygen atoms in total. The number of hydrogen-bond acceptors (Lipinski definition) is 4. The van der Waals surface area contributed by atoms with Crippen LogP contribution in [0.1, 0.15) is 31.2 Å². The third-order valence-electron chi connectivity index (χ3n) is 2.75. The monoisotopic (exact) mass is 274 g/mol. The lowest BCUT2D eigenvalue weighted by molar-refractivity contribution is 0.574. The van der Waals surface area contributed by atoms with Gasteiger partial charge in [0.2, 0.25) is 10.0 Å². The molecular weight excluding hydrogens is 252 g/mol. The number of hydrogen-bond donors (Lipinski definition) is 2. The number of aryl methyl sites for hydroxylation is 1. The van der Waals surface area contributed by atoms with Crippen LogP contribution in [-0.2, 0) is 16.6 Å². The molecule has 1 heterocycles. The number of sulfonamides is 1. The van der Waals surface area contributed by atoms with Gasteiger partial charge in [0.1, 0.15) is 4.90 Å². The molecule has 104 valence electrons. The molecule has 0 saturated heterocycles. The van der Waals surface area contributed by atoms with Gasteiger partial charge >= 0.3 is 0 Å². The highest BCUT2D eigenvalue weighted by Gasteiger charge is 2.23. The SMILES string of the molecule is CCCCNS(=O)(=O)c1c(C)nn(CCN)c1C. The molecule has 1 rings (SSSR count). The molecule has 1 aromatic rings. The van der Waals surface area contributed by atoms with Crippen molar-refractivity contribution in [3.05, 3.63) is 11.4 Å². The smallest absolute Gasteiger partial charge is 0.244 e. The normalized spacial score (nSPS) is 12.0. The van der Waals surface area contributed by atoms with E-state index in [4.69, 9.17) is 5.73 Å². The Morgan fingerprint density at radius 1 is 1.39 bits per heavy atom. The molecule has 0 radical (unpaired) electrons. The van der Waals surface area contributed by atoms with Gasteiger partial charge in [-0.25, -0.2) is 13.1 Å². The van der Waals surface area contributed by atoms with Gasteiger partial charge in [-0.1, -0.05) is 13.3 Å². The van der Waals surface area contributed by atoms with Crippen molar-refractivity contribution in [2.24, 2.45) is 5.73 Å². The zero-order valence-electron chi connectivity index (χ0n) is 11.2. The van der Waals surface area contributed by atoms with Crippen LogP contribution < -0.4 is 10.5 Å². The van der Waals surface area contributed by atoms with E-state index in [-0.39, 0.29) is 4.90 Å². The van der Waals surface area contributed by atoms with Crippen molar-refractivity contribution >= 4 is 10.0 Å². The highest BCUT2D eigenvalue weighted by molar-refractivity contribution is 7.89. The van der Waals surface area contributed by atoms with Crippen LogP contribution in [-0.4, -0.2) is 31.3 Å². The molecule has 0 fully saturated rings. The lowest BCUT2D eigenvalue weighted by atomic mass is 10.3. The summed E-state index contributed by atoms with van der Waals surface area (Å²) in [6.07, 6.45) is 1.78. The summed E-state index contributed by atoms with van der Waals surface area (Å²) in [5, 5.41) is 4.21. The predicted molar refractivity (Wildman–Crippen MR) is 70.9 cm³/mol. The largest absolute Gasteiger partial charge is 0.329 e. The second-order valence-electron chi connectivity index (χ2n) is 4.26. The number of rotatable bonds is 7. The Balaban J connectivity index is 3.01. The van der Waals surface area contributed by atoms with Crippen molar-refractivity contribution in [3.8, 4) is 0 Å². The van der Waals surface area contributed by atoms with E-state index in [1.807, 2.05) is 6.92 Å². The molecule has 0 bridgehead atoms. The van der Waals surface area contributed by atoms with E-state index in [2.05, 4.69) is 9.82 Å². The van der Waals surface area contributed by atoms with Crippen LogP contribution in [0.25, 0.3) is 0 Å². The van der Waals surface area contributed by atoms with Gasteiger partial charge in [-0.3, -0.25) is 4.68 Å². The quantitative estimate of drug-likeness (QED) is 0.710. The summed E-state index contributed by atoms with van der Waals surface area (Å²) in [7, 11) is -3.47. The van der Waals surface area contributed by atoms with E-state index in [1.54, 1.807) is 18.5 Å². The maximum atomic E-state index is 12.2. The fourth-order valence-corrected chi connectivity index (χ4v) is 3.35. The van der Waals surface area contributed by atoms with Gasteiger partial charge in [0.05, 0.1) is 17.9 Å². The first-order valence-corrected chi connectivity index (χ1v) is 7.66. The number of unbranched alkanes of at least 4 members (excludes halogenated alkanes) is 1. The zero-order valence-corrected chi connectivity index (χ0v) is 12.0. The minimum atomic E-state index is -3.47. The molecule has 0 amide bonds. The molecule has 0 saturated carbocycles. The topological polar surface area (TPSA) is 90.0 Å². The number of nitrogens with one attached hydrogen (secondary N) is 1. The fraction of sp³-hybridized carbons (Fsp3) is 0.727. The molecule has 0 aliphatic carbocycles. The van der Waals surface area contributed by atoms with Crippen molar-refractivity contribution in [2.45, 2.75) is 45.1 Å². The predicted octanol–water partition coefficient (Wildman–Crippen LogP) is 0.537. The molecule has 0 aliphatic rings. The standard InChI is InChI=1S/C11H22N4O2S/c1-4-5-7-13-18(16,17)11-9(2)14-15(8-6-12)10(11)3/h13H,4-8,12H2,1-3H3. The average molecular weight is 274 g/mol. The van der Waals surface area contributed by atoms with E-state index < -0.39 is 10.0 Å². The van der Waals surface area contributed by atoms with Crippen LogP contribution in [0, 0.1) is 13.8 Å². The van der Waals surface area contributed by atoms with Crippen LogP contribution in [0.2, 0.25) is 0 Å². The minimum absolute atomic E-state index is 0.284. The van der Waals surface area contributed by atoms with Crippen LogP contribution in [0.3, 0.4) is 0 Å². The highest BCUT2D eigenvalue weighted by atomic mass is 32.2. The van der Waals surface area contributed by atoms with Gasteiger partial charge in [-0.15, -0.1) is 0 Å². The van der Waals surface area contributed by atoms with Crippen LogP contribution in [0.5, 0.6) is 0 Å². The molecule has 0 spiro atoms. The Morgan fingerprint density at radius 3 is 2.61 bits per heavy atom. The molecule has 0 aromatic carbocycles. The van der Waals surface area contributed by atoms with Gasteiger partial charge in [0.15, 0.2) is 0 Å². The first-order chi connectivity index (χ1) is 8.44. The summed E-state index contributed by atoms with van der Waals surface area (Å²) in [6.45, 7) is 6.89. The molecule has 0 aliphatic heterocycles. The Morgan fingerprint density at radius 2 is 2.06 bits per heavy atom. The van der Waals surface area contributed by atoms with Gasteiger partial charge in [-0.05, 0) is 20.3 Å². The van der Waals surface area contributed by atoms with Crippen LogP contribution >= 0.6 is 0 Å². The second-order valence-corrected chi connectivity index (χ2v) is 5.97. The van der Waals surface area contributed by atoms with E-state index in [0.29, 0.717) is 31.0 Å². The maximum absolute atomic E-state index is 12.2. The lowest BCUT2D eigenvalue weighted by Gasteiger charge is -2.07. The zero-order chi connectivity index (χ0) is 13.8. The molecule has 7 heteroatoms. The Kier molecular flexibility index (Phi) is 5.30. The maximum Gasteiger partial charge on any atom is 0.244 e. The van der Waals surface area contributed by atoms with E-state index in [9.17, 15) is 8.42 Å². The third kappa shape index (κ3) is 3.30. The van der Waals surface area contributed by atoms with Gasteiger partial charge in [0, 0.05) is 13.1 Å². The minimum Gasteiger partial charge on any atom is -0.329 e. The van der Waals surface area contributed by atoms with Crippen LogP contribution in [0.4, 0.5) is 0 Å². The van der Waals surface area contributed by atoms with Gasteiger partial charge < -0.3 is 5.73 Å². The summed E-state index contributed by atoms with van der Waals surface area (Å²) >= 11 is 0. The first kappa shape index (κ1) is 15.1. The number of aromatic nitrogens is 2. The Labute approximate surface area is 109 Å². The molecule has 18 heavy (non-hydrogen) atoms. The molecule has 3 N–H and O–H groups in total. The van der Waals surface area contributed by atoms with Gasteiger partial charge in [0.25, 0.3) is 0 Å². The third-order valence-corrected chi connectivity index (χ3v) is 4.46. The summed E-state index contributed by atoms with van der Waals surface area (Å²) < 4.78 is 28.6. The van der Waals surface area contributed by atoms with E-state index in [1.165, 1.54) is 0 Å².